The number of methoxy groups -OCH3 is 1. The first kappa shape index (κ1) is 15.8. The van der Waals surface area contributed by atoms with Gasteiger partial charge in [-0.25, -0.2) is 4.98 Å². The van der Waals surface area contributed by atoms with Crippen LogP contribution < -0.4 is 4.74 Å². The lowest BCUT2D eigenvalue weighted by atomic mass is 10.1. The van der Waals surface area contributed by atoms with Crippen molar-refractivity contribution in [1.82, 2.24) is 9.88 Å². The number of nitrogens with zero attached hydrogens (tertiary/aromatic N) is 2. The fourth-order valence-corrected chi connectivity index (χ4v) is 2.70. The van der Waals surface area contributed by atoms with Gasteiger partial charge in [-0.2, -0.15) is 0 Å². The summed E-state index contributed by atoms with van der Waals surface area (Å²) in [5.41, 5.74) is 1.33. The van der Waals surface area contributed by atoms with Gasteiger partial charge in [-0.15, -0.1) is 0 Å². The second-order valence-electron chi connectivity index (χ2n) is 5.22. The normalized spacial score (nSPS) is 17.8. The summed E-state index contributed by atoms with van der Waals surface area (Å²) in [7, 11) is 1.53. The van der Waals surface area contributed by atoms with Crippen LogP contribution in [0.4, 0.5) is 0 Å². The molecule has 1 saturated heterocycles. The van der Waals surface area contributed by atoms with Gasteiger partial charge in [0.25, 0.3) is 5.91 Å². The van der Waals surface area contributed by atoms with Gasteiger partial charge in [0, 0.05) is 17.8 Å². The molecule has 1 fully saturated rings. The summed E-state index contributed by atoms with van der Waals surface area (Å²) in [5, 5.41) is 0.677. The zero-order valence-electron chi connectivity index (χ0n) is 12.7. The van der Waals surface area contributed by atoms with E-state index in [1.54, 1.807) is 23.2 Å². The molecule has 0 spiro atoms. The number of carbonyl (C=O) groups is 1. The monoisotopic (exact) mass is 332 g/mol. The molecule has 1 aliphatic rings. The molecule has 0 aliphatic carbocycles. The third-order valence-corrected chi connectivity index (χ3v) is 4.04. The van der Waals surface area contributed by atoms with Crippen LogP contribution in [0, 0.1) is 0 Å². The van der Waals surface area contributed by atoms with Crippen LogP contribution >= 0.6 is 11.6 Å². The summed E-state index contributed by atoms with van der Waals surface area (Å²) < 4.78 is 11.0. The largest absolute Gasteiger partial charge is 0.494 e. The number of rotatable bonds is 3. The molecule has 1 unspecified atom stereocenters. The molecule has 2 aromatic rings. The third kappa shape index (κ3) is 3.46. The summed E-state index contributed by atoms with van der Waals surface area (Å²) in [6, 6.07) is 11.0. The number of amides is 1. The molecule has 0 radical (unpaired) electrons. The third-order valence-electron chi connectivity index (χ3n) is 3.79. The van der Waals surface area contributed by atoms with Gasteiger partial charge < -0.3 is 14.4 Å². The van der Waals surface area contributed by atoms with Crippen LogP contribution in [0.3, 0.4) is 0 Å². The van der Waals surface area contributed by atoms with E-state index < -0.39 is 0 Å². The summed E-state index contributed by atoms with van der Waals surface area (Å²) >= 11 is 5.92. The van der Waals surface area contributed by atoms with E-state index in [4.69, 9.17) is 21.1 Å². The Bertz CT molecular complexity index is 690. The Morgan fingerprint density at radius 1 is 1.35 bits per heavy atom. The SMILES string of the molecule is COc1cccnc1C(=O)N1CCOC(c2ccc(Cl)cc2)C1. The Hall–Kier alpha value is -2.11. The fourth-order valence-electron chi connectivity index (χ4n) is 2.58. The lowest BCUT2D eigenvalue weighted by molar-refractivity contribution is -0.0231. The van der Waals surface area contributed by atoms with Crippen molar-refractivity contribution in [1.29, 1.82) is 0 Å². The first-order valence-corrected chi connectivity index (χ1v) is 7.72. The highest BCUT2D eigenvalue weighted by Gasteiger charge is 2.28. The number of hydrogen-bond donors (Lipinski definition) is 0. The molecular weight excluding hydrogens is 316 g/mol. The van der Waals surface area contributed by atoms with Crippen molar-refractivity contribution >= 4 is 17.5 Å². The molecular formula is C17H17ClN2O3. The quantitative estimate of drug-likeness (QED) is 0.867. The molecule has 120 valence electrons. The zero-order chi connectivity index (χ0) is 16.2. The fraction of sp³-hybridized carbons (Fsp3) is 0.294. The summed E-state index contributed by atoms with van der Waals surface area (Å²) in [6.07, 6.45) is 1.42. The predicted octanol–water partition coefficient (Wildman–Crippen LogP) is 2.96. The van der Waals surface area contributed by atoms with E-state index >= 15 is 0 Å². The van der Waals surface area contributed by atoms with E-state index in [0.29, 0.717) is 36.2 Å². The van der Waals surface area contributed by atoms with Crippen molar-refractivity contribution < 1.29 is 14.3 Å². The maximum absolute atomic E-state index is 12.7. The molecule has 5 nitrogen and oxygen atoms in total. The minimum atomic E-state index is -0.167. The predicted molar refractivity (Wildman–Crippen MR) is 86.8 cm³/mol. The van der Waals surface area contributed by atoms with E-state index in [0.717, 1.165) is 5.56 Å². The second-order valence-corrected chi connectivity index (χ2v) is 5.65. The van der Waals surface area contributed by atoms with Crippen LogP contribution in [0.5, 0.6) is 5.75 Å². The Labute approximate surface area is 139 Å². The number of aromatic nitrogens is 1. The number of ether oxygens (including phenoxy) is 2. The van der Waals surface area contributed by atoms with Gasteiger partial charge in [-0.3, -0.25) is 4.79 Å². The van der Waals surface area contributed by atoms with Crippen LogP contribution in [0.2, 0.25) is 5.02 Å². The van der Waals surface area contributed by atoms with Gasteiger partial charge in [0.15, 0.2) is 5.69 Å². The van der Waals surface area contributed by atoms with Gasteiger partial charge >= 0.3 is 0 Å². The molecule has 1 amide bonds. The highest BCUT2D eigenvalue weighted by atomic mass is 35.5. The highest BCUT2D eigenvalue weighted by Crippen LogP contribution is 2.25. The molecule has 1 aromatic heterocycles. The molecule has 23 heavy (non-hydrogen) atoms. The van der Waals surface area contributed by atoms with Crippen LogP contribution in [0.1, 0.15) is 22.2 Å². The molecule has 0 N–H and O–H groups in total. The van der Waals surface area contributed by atoms with Gasteiger partial charge in [-0.05, 0) is 29.8 Å². The average Bonchev–Trinajstić information content (AvgIpc) is 2.62. The van der Waals surface area contributed by atoms with Gasteiger partial charge in [0.2, 0.25) is 0 Å². The molecule has 6 heteroatoms. The maximum Gasteiger partial charge on any atom is 0.276 e. The summed E-state index contributed by atoms with van der Waals surface area (Å²) in [5.74, 6) is 0.330. The Morgan fingerprint density at radius 3 is 2.87 bits per heavy atom. The van der Waals surface area contributed by atoms with Crippen molar-refractivity contribution in [2.24, 2.45) is 0 Å². The molecule has 2 heterocycles. The first-order valence-electron chi connectivity index (χ1n) is 7.34. The van der Waals surface area contributed by atoms with Crippen LogP contribution in [0.25, 0.3) is 0 Å². The van der Waals surface area contributed by atoms with Crippen molar-refractivity contribution in [2.75, 3.05) is 26.8 Å². The van der Waals surface area contributed by atoms with Crippen LogP contribution in [-0.2, 0) is 4.74 Å². The summed E-state index contributed by atoms with van der Waals surface area (Å²) in [6.45, 7) is 1.48. The van der Waals surface area contributed by atoms with Crippen LogP contribution in [-0.4, -0.2) is 42.6 Å². The lowest BCUT2D eigenvalue weighted by Crippen LogP contribution is -2.42. The summed E-state index contributed by atoms with van der Waals surface area (Å²) in [4.78, 5) is 18.6. The molecule has 1 aromatic carbocycles. The second kappa shape index (κ2) is 6.98. The van der Waals surface area contributed by atoms with E-state index in [9.17, 15) is 4.79 Å². The van der Waals surface area contributed by atoms with Crippen molar-refractivity contribution in [3.8, 4) is 5.75 Å². The number of benzene rings is 1. The Kier molecular flexibility index (Phi) is 4.79. The van der Waals surface area contributed by atoms with Gasteiger partial charge in [-0.1, -0.05) is 23.7 Å². The smallest absolute Gasteiger partial charge is 0.276 e. The van der Waals surface area contributed by atoms with Crippen molar-refractivity contribution in [2.45, 2.75) is 6.10 Å². The minimum absolute atomic E-state index is 0.148. The molecule has 0 bridgehead atoms. The topological polar surface area (TPSA) is 51.7 Å². The van der Waals surface area contributed by atoms with Crippen molar-refractivity contribution in [3.05, 3.63) is 58.9 Å². The van der Waals surface area contributed by atoms with E-state index in [1.807, 2.05) is 24.3 Å². The maximum atomic E-state index is 12.7. The van der Waals surface area contributed by atoms with Gasteiger partial charge in [0.1, 0.15) is 11.9 Å². The van der Waals surface area contributed by atoms with E-state index in [-0.39, 0.29) is 12.0 Å². The number of carbonyl (C=O) groups excluding carboxylic acids is 1. The number of morpholine rings is 1. The number of halogens is 1. The van der Waals surface area contributed by atoms with Gasteiger partial charge in [0.05, 0.1) is 20.3 Å². The molecule has 3 rings (SSSR count). The van der Waals surface area contributed by atoms with E-state index in [2.05, 4.69) is 4.98 Å². The van der Waals surface area contributed by atoms with Crippen LogP contribution in [0.15, 0.2) is 42.6 Å². The van der Waals surface area contributed by atoms with Crippen molar-refractivity contribution in [3.63, 3.8) is 0 Å². The minimum Gasteiger partial charge on any atom is -0.494 e. The first-order chi connectivity index (χ1) is 11.2. The zero-order valence-corrected chi connectivity index (χ0v) is 13.5. The average molecular weight is 333 g/mol. The standard InChI is InChI=1S/C17H17ClN2O3/c1-22-14-3-2-8-19-16(14)17(21)20-9-10-23-15(11-20)12-4-6-13(18)7-5-12/h2-8,15H,9-11H2,1H3. The Morgan fingerprint density at radius 2 is 2.13 bits per heavy atom. The molecule has 0 saturated carbocycles. The lowest BCUT2D eigenvalue weighted by Gasteiger charge is -2.33. The highest BCUT2D eigenvalue weighted by molar-refractivity contribution is 6.30. The number of pyridine rings is 1. The molecule has 1 aliphatic heterocycles. The van der Waals surface area contributed by atoms with E-state index in [1.165, 1.54) is 7.11 Å². The molecule has 1 atom stereocenters. The Balaban J connectivity index is 1.78. The number of hydrogen-bond acceptors (Lipinski definition) is 4.